The van der Waals surface area contributed by atoms with Crippen molar-refractivity contribution in [3.63, 3.8) is 0 Å². The van der Waals surface area contributed by atoms with Crippen molar-refractivity contribution < 1.29 is 0 Å². The Morgan fingerprint density at radius 3 is 2.75 bits per heavy atom. The molecule has 0 spiro atoms. The largest absolute Gasteiger partial charge is 0.317 e. The summed E-state index contributed by atoms with van der Waals surface area (Å²) < 4.78 is 2.39. The maximum absolute atomic E-state index is 3.77. The van der Waals surface area contributed by atoms with Crippen molar-refractivity contribution in [3.05, 3.63) is 77.7 Å². The number of hydrogen-bond acceptors (Lipinski definition) is 0. The maximum atomic E-state index is 3.77. The van der Waals surface area contributed by atoms with Crippen LogP contribution >= 0.6 is 0 Å². The molecule has 0 unspecified atom stereocenters. The Kier molecular flexibility index (Phi) is 3.42. The highest BCUT2D eigenvalue weighted by Crippen LogP contribution is 2.32. The van der Waals surface area contributed by atoms with Gasteiger partial charge in [-0.2, -0.15) is 0 Å². The molecule has 0 N–H and O–H groups in total. The summed E-state index contributed by atoms with van der Waals surface area (Å²) in [7, 11) is 0. The first kappa shape index (κ1) is 12.7. The van der Waals surface area contributed by atoms with Crippen LogP contribution in [0.3, 0.4) is 0 Å². The molecule has 100 valence electrons. The van der Waals surface area contributed by atoms with Gasteiger partial charge in [0.15, 0.2) is 0 Å². The number of rotatable bonds is 3. The number of fused-ring (bicyclic) bond motifs is 1. The number of allylic oxidation sites excluding steroid dienone is 3. The first-order valence-corrected chi connectivity index (χ1v) is 7.08. The van der Waals surface area contributed by atoms with Gasteiger partial charge in [0.05, 0.1) is 0 Å². The van der Waals surface area contributed by atoms with Crippen LogP contribution in [0.15, 0.2) is 55.1 Å². The molecule has 0 saturated heterocycles. The highest BCUT2D eigenvalue weighted by molar-refractivity contribution is 5.73. The fraction of sp³-hybridized carbons (Fsp3) is 0.158. The number of aromatic nitrogens is 1. The lowest BCUT2D eigenvalue weighted by Gasteiger charge is -2.13. The van der Waals surface area contributed by atoms with E-state index in [-0.39, 0.29) is 0 Å². The molecule has 1 nitrogen and oxygen atoms in total. The molecule has 0 saturated carbocycles. The first-order valence-electron chi connectivity index (χ1n) is 7.08. The predicted molar refractivity (Wildman–Crippen MR) is 87.1 cm³/mol. The molecule has 1 aliphatic rings. The van der Waals surface area contributed by atoms with Gasteiger partial charge in [-0.25, -0.2) is 0 Å². The van der Waals surface area contributed by atoms with Crippen LogP contribution in [-0.2, 0) is 6.42 Å². The molecule has 2 aromatic rings. The van der Waals surface area contributed by atoms with E-state index in [0.717, 1.165) is 12.8 Å². The van der Waals surface area contributed by atoms with E-state index in [0.29, 0.717) is 0 Å². The number of nitrogens with zero attached hydrogens (tertiary/aromatic N) is 1. The van der Waals surface area contributed by atoms with Crippen LogP contribution in [0.2, 0.25) is 0 Å². The van der Waals surface area contributed by atoms with E-state index in [2.05, 4.69) is 66.6 Å². The second-order valence-corrected chi connectivity index (χ2v) is 5.07. The quantitative estimate of drug-likeness (QED) is 0.689. The van der Waals surface area contributed by atoms with Crippen LogP contribution in [0.5, 0.6) is 0 Å². The molecular weight excluding hydrogens is 242 g/mol. The van der Waals surface area contributed by atoms with E-state index in [1.54, 1.807) is 0 Å². The second kappa shape index (κ2) is 5.38. The molecule has 1 aliphatic carbocycles. The first-order chi connectivity index (χ1) is 9.83. The summed E-state index contributed by atoms with van der Waals surface area (Å²) in [6.45, 7) is 5.97. The molecule has 0 atom stereocenters. The van der Waals surface area contributed by atoms with E-state index in [9.17, 15) is 0 Å². The molecular formula is C19H19N. The van der Waals surface area contributed by atoms with Gasteiger partial charge in [0.25, 0.3) is 0 Å². The minimum atomic E-state index is 1.10. The van der Waals surface area contributed by atoms with Gasteiger partial charge in [-0.3, -0.25) is 0 Å². The Morgan fingerprint density at radius 2 is 2.00 bits per heavy atom. The molecule has 0 amide bonds. The van der Waals surface area contributed by atoms with Crippen molar-refractivity contribution in [2.45, 2.75) is 19.8 Å². The summed E-state index contributed by atoms with van der Waals surface area (Å²) in [5.41, 5.74) is 6.62. The topological polar surface area (TPSA) is 4.93 Å². The molecule has 1 heterocycles. The zero-order chi connectivity index (χ0) is 13.9. The highest BCUT2D eigenvalue weighted by Gasteiger charge is 2.19. The van der Waals surface area contributed by atoms with Gasteiger partial charge in [-0.1, -0.05) is 55.2 Å². The smallest absolute Gasteiger partial charge is 0.0455 e. The highest BCUT2D eigenvalue weighted by atomic mass is 15.0. The lowest BCUT2D eigenvalue weighted by atomic mass is 10.0. The number of hydrogen-bond donors (Lipinski definition) is 0. The Bertz CT molecular complexity index is 684. The lowest BCUT2D eigenvalue weighted by Crippen LogP contribution is -2.04. The summed E-state index contributed by atoms with van der Waals surface area (Å²) in [6.07, 6.45) is 12.8. The SMILES string of the molecule is C=C/C=C\c1c2c(n(-c3ccccc3)c1C)CCC=C2. The van der Waals surface area contributed by atoms with Gasteiger partial charge in [0.2, 0.25) is 0 Å². The Labute approximate surface area is 120 Å². The summed E-state index contributed by atoms with van der Waals surface area (Å²) in [4.78, 5) is 0. The molecule has 1 heteroatoms. The van der Waals surface area contributed by atoms with E-state index < -0.39 is 0 Å². The molecule has 1 aromatic heterocycles. The van der Waals surface area contributed by atoms with Gasteiger partial charge < -0.3 is 4.57 Å². The fourth-order valence-electron chi connectivity index (χ4n) is 2.95. The number of benzene rings is 1. The normalized spacial score (nSPS) is 13.7. The van der Waals surface area contributed by atoms with Crippen LogP contribution in [0, 0.1) is 6.92 Å². The van der Waals surface area contributed by atoms with E-state index in [1.807, 2.05) is 12.2 Å². The lowest BCUT2D eigenvalue weighted by molar-refractivity contribution is 0.857. The van der Waals surface area contributed by atoms with Crippen LogP contribution < -0.4 is 0 Å². The summed E-state index contributed by atoms with van der Waals surface area (Å²) in [5, 5.41) is 0. The van der Waals surface area contributed by atoms with Crippen molar-refractivity contribution in [2.24, 2.45) is 0 Å². The monoisotopic (exact) mass is 261 g/mol. The average molecular weight is 261 g/mol. The third-order valence-electron chi connectivity index (χ3n) is 3.84. The average Bonchev–Trinajstić information content (AvgIpc) is 2.78. The van der Waals surface area contributed by atoms with E-state index in [1.165, 1.54) is 28.2 Å². The van der Waals surface area contributed by atoms with Crippen molar-refractivity contribution in [3.8, 4) is 5.69 Å². The van der Waals surface area contributed by atoms with Crippen molar-refractivity contribution >= 4 is 12.2 Å². The summed E-state index contributed by atoms with van der Waals surface area (Å²) in [6, 6.07) is 10.6. The van der Waals surface area contributed by atoms with E-state index >= 15 is 0 Å². The van der Waals surface area contributed by atoms with Gasteiger partial charge in [0.1, 0.15) is 0 Å². The van der Waals surface area contributed by atoms with Crippen LogP contribution in [0.4, 0.5) is 0 Å². The molecule has 0 bridgehead atoms. The molecule has 20 heavy (non-hydrogen) atoms. The second-order valence-electron chi connectivity index (χ2n) is 5.07. The van der Waals surface area contributed by atoms with Gasteiger partial charge >= 0.3 is 0 Å². The van der Waals surface area contributed by atoms with Crippen LogP contribution in [0.1, 0.15) is 28.9 Å². The molecule has 0 fully saturated rings. The van der Waals surface area contributed by atoms with Crippen LogP contribution in [-0.4, -0.2) is 4.57 Å². The summed E-state index contributed by atoms with van der Waals surface area (Å²) in [5.74, 6) is 0. The van der Waals surface area contributed by atoms with Crippen molar-refractivity contribution in [2.75, 3.05) is 0 Å². The fourth-order valence-corrected chi connectivity index (χ4v) is 2.95. The Hall–Kier alpha value is -2.28. The third kappa shape index (κ3) is 2.05. The van der Waals surface area contributed by atoms with Gasteiger partial charge in [-0.15, -0.1) is 0 Å². The maximum Gasteiger partial charge on any atom is 0.0455 e. The molecule has 1 aromatic carbocycles. The summed E-state index contributed by atoms with van der Waals surface area (Å²) >= 11 is 0. The zero-order valence-electron chi connectivity index (χ0n) is 11.8. The minimum Gasteiger partial charge on any atom is -0.317 e. The Morgan fingerprint density at radius 1 is 1.20 bits per heavy atom. The molecule has 0 radical (unpaired) electrons. The zero-order valence-corrected chi connectivity index (χ0v) is 11.8. The minimum absolute atomic E-state index is 1.10. The van der Waals surface area contributed by atoms with E-state index in [4.69, 9.17) is 0 Å². The molecule has 0 aliphatic heterocycles. The number of para-hydroxylation sites is 1. The van der Waals surface area contributed by atoms with Crippen molar-refractivity contribution in [1.82, 2.24) is 4.57 Å². The third-order valence-corrected chi connectivity index (χ3v) is 3.84. The Balaban J connectivity index is 2.25. The standard InChI is InChI=1S/C19H19N/c1-3-4-12-17-15(2)20(16-10-6-5-7-11-16)19-14-9-8-13-18(17)19/h3-8,10-13H,1,9,14H2,2H3/b12-4-. The predicted octanol–water partition coefficient (Wildman–Crippen LogP) is 4.94. The molecule has 3 rings (SSSR count). The van der Waals surface area contributed by atoms with Crippen molar-refractivity contribution in [1.29, 1.82) is 0 Å². The van der Waals surface area contributed by atoms with Gasteiger partial charge in [-0.05, 0) is 31.9 Å². The van der Waals surface area contributed by atoms with Gasteiger partial charge in [0, 0.05) is 28.2 Å². The van der Waals surface area contributed by atoms with Crippen LogP contribution in [0.25, 0.3) is 17.8 Å².